The van der Waals surface area contributed by atoms with Crippen molar-refractivity contribution in [3.05, 3.63) is 118 Å². The van der Waals surface area contributed by atoms with Crippen LogP contribution in [0.1, 0.15) is 78.9 Å². The lowest BCUT2D eigenvalue weighted by atomic mass is 9.96. The second-order valence-corrected chi connectivity index (χ2v) is 11.7. The molecule has 1 unspecified atom stereocenters. The van der Waals surface area contributed by atoms with E-state index in [1.807, 2.05) is 44.2 Å². The van der Waals surface area contributed by atoms with E-state index in [1.165, 1.54) is 30.5 Å². The number of aliphatic carboxylic acids is 1. The summed E-state index contributed by atoms with van der Waals surface area (Å²) in [7, 11) is 1.66. The van der Waals surface area contributed by atoms with Crippen LogP contribution in [0.15, 0.2) is 112 Å². The SMILES string of the molecule is CC.COc1cc(CC(C)C=C2CCCC2=N/C(C)=C(C(C)=O)/C(C)=C(\C)C(=O)O)ccc1OCc1ccc(-c2ccccc2)cc1. The highest BCUT2D eigenvalue weighted by Crippen LogP contribution is 2.32. The Kier molecular flexibility index (Phi) is 14.0. The molecule has 0 heterocycles. The fourth-order valence-electron chi connectivity index (χ4n) is 5.77. The van der Waals surface area contributed by atoms with Gasteiger partial charge in [0.15, 0.2) is 17.3 Å². The first-order valence-corrected chi connectivity index (χ1v) is 16.4. The average molecular weight is 636 g/mol. The number of Topliss-reactive ketones (excluding diaryl/α,β-unsaturated/α-hetero) is 1. The van der Waals surface area contributed by atoms with Gasteiger partial charge in [0.2, 0.25) is 0 Å². The predicted octanol–water partition coefficient (Wildman–Crippen LogP) is 9.98. The number of carboxylic acids is 1. The number of allylic oxidation sites excluding steroid dienone is 5. The van der Waals surface area contributed by atoms with Gasteiger partial charge in [0, 0.05) is 22.6 Å². The van der Waals surface area contributed by atoms with Crippen molar-refractivity contribution >= 4 is 17.5 Å². The molecule has 1 aliphatic rings. The smallest absolute Gasteiger partial charge is 0.331 e. The first kappa shape index (κ1) is 36.8. The molecule has 1 aliphatic carbocycles. The van der Waals surface area contributed by atoms with Crippen molar-refractivity contribution in [1.29, 1.82) is 0 Å². The van der Waals surface area contributed by atoms with E-state index in [2.05, 4.69) is 55.5 Å². The van der Waals surface area contributed by atoms with Gasteiger partial charge in [-0.05, 0) is 105 Å². The van der Waals surface area contributed by atoms with Crippen LogP contribution >= 0.6 is 0 Å². The van der Waals surface area contributed by atoms with E-state index >= 15 is 0 Å². The molecular formula is C41H49NO5. The van der Waals surface area contributed by atoms with Crippen LogP contribution in [0.4, 0.5) is 0 Å². The summed E-state index contributed by atoms with van der Waals surface area (Å²) >= 11 is 0. The molecule has 0 radical (unpaired) electrons. The van der Waals surface area contributed by atoms with Crippen molar-refractivity contribution in [3.8, 4) is 22.6 Å². The zero-order valence-corrected chi connectivity index (χ0v) is 29.1. The number of carboxylic acid groups (broad SMARTS) is 1. The predicted molar refractivity (Wildman–Crippen MR) is 192 cm³/mol. The van der Waals surface area contributed by atoms with Crippen molar-refractivity contribution in [2.45, 2.75) is 80.8 Å². The molecule has 0 aliphatic heterocycles. The zero-order valence-electron chi connectivity index (χ0n) is 29.1. The molecule has 0 bridgehead atoms. The molecule has 6 nitrogen and oxygen atoms in total. The monoisotopic (exact) mass is 635 g/mol. The molecule has 6 heteroatoms. The number of carbonyl (C=O) groups is 2. The van der Waals surface area contributed by atoms with Gasteiger partial charge in [0.05, 0.1) is 7.11 Å². The van der Waals surface area contributed by atoms with Gasteiger partial charge in [-0.3, -0.25) is 9.79 Å². The van der Waals surface area contributed by atoms with Gasteiger partial charge in [0.25, 0.3) is 0 Å². The molecule has 0 saturated heterocycles. The van der Waals surface area contributed by atoms with E-state index in [9.17, 15) is 14.7 Å². The second kappa shape index (κ2) is 17.8. The molecule has 3 aromatic carbocycles. The van der Waals surface area contributed by atoms with E-state index in [1.54, 1.807) is 21.0 Å². The Labute approximate surface area is 280 Å². The minimum Gasteiger partial charge on any atom is -0.493 e. The maximum atomic E-state index is 12.5. The van der Waals surface area contributed by atoms with E-state index in [4.69, 9.17) is 14.5 Å². The lowest BCUT2D eigenvalue weighted by Crippen LogP contribution is -2.08. The Balaban J connectivity index is 0.00000294. The number of hydrogen-bond donors (Lipinski definition) is 1. The normalized spacial score (nSPS) is 16.1. The molecule has 3 aromatic rings. The van der Waals surface area contributed by atoms with Crippen molar-refractivity contribution in [1.82, 2.24) is 0 Å². The number of hydrogen-bond acceptors (Lipinski definition) is 5. The Morgan fingerprint density at radius 3 is 2.11 bits per heavy atom. The Morgan fingerprint density at radius 1 is 0.851 bits per heavy atom. The maximum absolute atomic E-state index is 12.5. The van der Waals surface area contributed by atoms with Crippen LogP contribution in [0.25, 0.3) is 11.1 Å². The Hall–Kier alpha value is -4.71. The first-order chi connectivity index (χ1) is 22.6. The number of rotatable bonds is 12. The topological polar surface area (TPSA) is 85.2 Å². The quantitative estimate of drug-likeness (QED) is 0.158. The fourth-order valence-corrected chi connectivity index (χ4v) is 5.77. The highest BCUT2D eigenvalue weighted by atomic mass is 16.5. The van der Waals surface area contributed by atoms with E-state index in [0.29, 0.717) is 34.9 Å². The fraction of sp³-hybridized carbons (Fsp3) is 0.341. The van der Waals surface area contributed by atoms with Crippen molar-refractivity contribution in [3.63, 3.8) is 0 Å². The third-order valence-corrected chi connectivity index (χ3v) is 8.23. The minimum atomic E-state index is -1.04. The summed E-state index contributed by atoms with van der Waals surface area (Å²) in [6, 6.07) is 24.8. The van der Waals surface area contributed by atoms with Gasteiger partial charge >= 0.3 is 5.97 Å². The number of ether oxygens (including phenoxy) is 2. The van der Waals surface area contributed by atoms with Gasteiger partial charge < -0.3 is 14.6 Å². The summed E-state index contributed by atoms with van der Waals surface area (Å²) in [6.45, 7) is 13.1. The van der Waals surface area contributed by atoms with Gasteiger partial charge in [-0.15, -0.1) is 0 Å². The number of carbonyl (C=O) groups excluding carboxylic acids is 1. The molecule has 1 atom stereocenters. The second-order valence-electron chi connectivity index (χ2n) is 11.7. The van der Waals surface area contributed by atoms with Gasteiger partial charge in [-0.2, -0.15) is 0 Å². The lowest BCUT2D eigenvalue weighted by molar-refractivity contribution is -0.132. The number of nitrogens with zero attached hydrogens (tertiary/aromatic N) is 1. The summed E-state index contributed by atoms with van der Waals surface area (Å²) < 4.78 is 11.8. The summed E-state index contributed by atoms with van der Waals surface area (Å²) in [5.41, 5.74) is 8.29. The molecule has 1 fully saturated rings. The first-order valence-electron chi connectivity index (χ1n) is 16.4. The average Bonchev–Trinajstić information content (AvgIpc) is 3.50. The highest BCUT2D eigenvalue weighted by molar-refractivity contribution is 6.05. The third kappa shape index (κ3) is 10.1. The van der Waals surface area contributed by atoms with E-state index in [0.717, 1.165) is 42.5 Å². The standard InChI is InChI=1S/C39H43NO5.C2H6/c1-25(22-34-13-10-14-35(34)40-28(4)38(29(5)41)26(2)27(3)39(42)43)21-31-17-20-36(37(23-31)44-6)45-24-30-15-18-33(19-16-30)32-11-8-7-9-12-32;1-2/h7-9,11-12,15-20,22-23,25H,10,13-14,21,24H2,1-6H3,(H,42,43);1-2H3/b27-26+,34-22?,38-28-,40-35?;. The number of benzene rings is 3. The van der Waals surface area contributed by atoms with Crippen molar-refractivity contribution in [2.75, 3.05) is 7.11 Å². The van der Waals surface area contributed by atoms with Crippen LogP contribution in [-0.2, 0) is 22.6 Å². The summed E-state index contributed by atoms with van der Waals surface area (Å²) in [4.78, 5) is 28.8. The molecule has 47 heavy (non-hydrogen) atoms. The lowest BCUT2D eigenvalue weighted by Gasteiger charge is -2.14. The van der Waals surface area contributed by atoms with Crippen LogP contribution in [0, 0.1) is 5.92 Å². The zero-order chi connectivity index (χ0) is 34.5. The van der Waals surface area contributed by atoms with E-state index < -0.39 is 5.97 Å². The highest BCUT2D eigenvalue weighted by Gasteiger charge is 2.20. The van der Waals surface area contributed by atoms with E-state index in [-0.39, 0.29) is 17.3 Å². The van der Waals surface area contributed by atoms with Crippen LogP contribution in [0.2, 0.25) is 0 Å². The molecule has 0 amide bonds. The molecule has 4 rings (SSSR count). The molecule has 1 saturated carbocycles. The van der Waals surface area contributed by atoms with Gasteiger partial charge in [-0.1, -0.05) is 87.5 Å². The minimum absolute atomic E-state index is 0.153. The Morgan fingerprint density at radius 2 is 1.49 bits per heavy atom. The molecule has 0 aromatic heterocycles. The van der Waals surface area contributed by atoms with Crippen molar-refractivity contribution < 1.29 is 24.2 Å². The maximum Gasteiger partial charge on any atom is 0.331 e. The van der Waals surface area contributed by atoms with Gasteiger partial charge in [0.1, 0.15) is 6.61 Å². The molecule has 1 N–H and O–H groups in total. The van der Waals surface area contributed by atoms with Crippen LogP contribution in [-0.4, -0.2) is 29.7 Å². The van der Waals surface area contributed by atoms with Crippen LogP contribution < -0.4 is 9.47 Å². The number of aliphatic imine (C=N–C) groups is 1. The van der Waals surface area contributed by atoms with Crippen LogP contribution in [0.5, 0.6) is 11.5 Å². The summed E-state index contributed by atoms with van der Waals surface area (Å²) in [5, 5.41) is 9.42. The molecular weight excluding hydrogens is 586 g/mol. The number of methoxy groups -OCH3 is 1. The summed E-state index contributed by atoms with van der Waals surface area (Å²) in [5.74, 6) is 0.432. The number of ketones is 1. The molecule has 248 valence electrons. The molecule has 0 spiro atoms. The third-order valence-electron chi connectivity index (χ3n) is 8.23. The largest absolute Gasteiger partial charge is 0.493 e. The van der Waals surface area contributed by atoms with Gasteiger partial charge in [-0.25, -0.2) is 4.79 Å². The van der Waals surface area contributed by atoms with Crippen LogP contribution in [0.3, 0.4) is 0 Å². The Bertz CT molecular complexity index is 1660. The van der Waals surface area contributed by atoms with Crippen molar-refractivity contribution in [2.24, 2.45) is 10.9 Å². The summed E-state index contributed by atoms with van der Waals surface area (Å²) in [6.07, 6.45) is 5.85.